The summed E-state index contributed by atoms with van der Waals surface area (Å²) in [6, 6.07) is 27.1. The molecule has 136 valence electrons. The van der Waals surface area contributed by atoms with E-state index in [0.717, 1.165) is 34.8 Å². The highest BCUT2D eigenvalue weighted by molar-refractivity contribution is 7.99. The molecule has 0 aliphatic heterocycles. The van der Waals surface area contributed by atoms with Crippen LogP contribution in [0.3, 0.4) is 0 Å². The van der Waals surface area contributed by atoms with Crippen molar-refractivity contribution in [2.24, 2.45) is 0 Å². The van der Waals surface area contributed by atoms with Crippen molar-refractivity contribution >= 4 is 34.4 Å². The minimum Gasteiger partial charge on any atom is -0.327 e. The maximum Gasteiger partial charge on any atom is 0.127 e. The van der Waals surface area contributed by atoms with Crippen LogP contribution in [0.15, 0.2) is 83.8 Å². The number of hydrogen-bond donors (Lipinski definition) is 0. The van der Waals surface area contributed by atoms with Gasteiger partial charge < -0.3 is 4.57 Å². The van der Waals surface area contributed by atoms with Crippen molar-refractivity contribution < 1.29 is 0 Å². The topological polar surface area (TPSA) is 17.8 Å². The summed E-state index contributed by atoms with van der Waals surface area (Å²) in [7, 11) is 0. The Hall–Kier alpha value is -2.23. The molecule has 0 radical (unpaired) electrons. The molecule has 0 amide bonds. The lowest BCUT2D eigenvalue weighted by Crippen LogP contribution is -2.08. The Morgan fingerprint density at radius 1 is 0.963 bits per heavy atom. The van der Waals surface area contributed by atoms with Gasteiger partial charge in [-0.2, -0.15) is 0 Å². The Balaban J connectivity index is 1.87. The van der Waals surface area contributed by atoms with E-state index in [2.05, 4.69) is 78.2 Å². The second kappa shape index (κ2) is 8.20. The summed E-state index contributed by atoms with van der Waals surface area (Å²) < 4.78 is 2.35. The third-order valence-corrected chi connectivity index (χ3v) is 6.02. The van der Waals surface area contributed by atoms with Crippen molar-refractivity contribution in [2.75, 3.05) is 0 Å². The second-order valence-electron chi connectivity index (χ2n) is 6.48. The van der Waals surface area contributed by atoms with E-state index in [-0.39, 0.29) is 5.25 Å². The molecule has 1 heterocycles. The van der Waals surface area contributed by atoms with Crippen LogP contribution in [0.5, 0.6) is 0 Å². The number of imidazole rings is 1. The SMILES string of the molecule is CCCn1c(C(Sc2ccccc2)c2ccccc2)nc2cc(Cl)ccc21. The fourth-order valence-corrected chi connectivity index (χ4v) is 4.64. The van der Waals surface area contributed by atoms with Gasteiger partial charge in [-0.1, -0.05) is 67.1 Å². The summed E-state index contributed by atoms with van der Waals surface area (Å²) in [5.41, 5.74) is 3.36. The zero-order chi connectivity index (χ0) is 18.6. The third-order valence-electron chi connectivity index (χ3n) is 4.52. The molecule has 4 rings (SSSR count). The smallest absolute Gasteiger partial charge is 0.127 e. The summed E-state index contributed by atoms with van der Waals surface area (Å²) in [5, 5.41) is 0.841. The number of aryl methyl sites for hydroxylation is 1. The van der Waals surface area contributed by atoms with Crippen LogP contribution in [0.25, 0.3) is 11.0 Å². The summed E-state index contributed by atoms with van der Waals surface area (Å²) in [6.07, 6.45) is 1.05. The first-order valence-corrected chi connectivity index (χ1v) is 10.4. The maximum atomic E-state index is 6.23. The van der Waals surface area contributed by atoms with Crippen LogP contribution in [-0.4, -0.2) is 9.55 Å². The molecule has 0 N–H and O–H groups in total. The zero-order valence-corrected chi connectivity index (χ0v) is 16.8. The molecule has 1 aromatic heterocycles. The first-order valence-electron chi connectivity index (χ1n) is 9.18. The Kier molecular flexibility index (Phi) is 5.51. The minimum absolute atomic E-state index is 0.117. The Morgan fingerprint density at radius 3 is 2.37 bits per heavy atom. The standard InChI is InChI=1S/C23H21ClN2S/c1-2-15-26-21-14-13-18(24)16-20(21)25-23(26)22(17-9-5-3-6-10-17)27-19-11-7-4-8-12-19/h3-14,16,22H,2,15H2,1H3. The summed E-state index contributed by atoms with van der Waals surface area (Å²) in [4.78, 5) is 6.26. The molecule has 0 spiro atoms. The summed E-state index contributed by atoms with van der Waals surface area (Å²) >= 11 is 8.07. The van der Waals surface area contributed by atoms with Gasteiger partial charge in [0.05, 0.1) is 16.3 Å². The molecule has 0 saturated heterocycles. The largest absolute Gasteiger partial charge is 0.327 e. The van der Waals surface area contributed by atoms with E-state index in [1.54, 1.807) is 0 Å². The van der Waals surface area contributed by atoms with Crippen molar-refractivity contribution in [3.05, 3.63) is 95.3 Å². The van der Waals surface area contributed by atoms with E-state index in [1.165, 1.54) is 10.5 Å². The second-order valence-corrected chi connectivity index (χ2v) is 8.09. The van der Waals surface area contributed by atoms with E-state index >= 15 is 0 Å². The highest BCUT2D eigenvalue weighted by Gasteiger charge is 2.23. The Morgan fingerprint density at radius 2 is 1.67 bits per heavy atom. The summed E-state index contributed by atoms with van der Waals surface area (Å²) in [5.74, 6) is 1.08. The normalized spacial score (nSPS) is 12.4. The van der Waals surface area contributed by atoms with E-state index in [1.807, 2.05) is 23.9 Å². The molecule has 1 unspecified atom stereocenters. The van der Waals surface area contributed by atoms with Crippen molar-refractivity contribution in [1.29, 1.82) is 0 Å². The van der Waals surface area contributed by atoms with Crippen molar-refractivity contribution in [2.45, 2.75) is 30.0 Å². The molecule has 0 saturated carbocycles. The van der Waals surface area contributed by atoms with Gasteiger partial charge in [0.15, 0.2) is 0 Å². The lowest BCUT2D eigenvalue weighted by Gasteiger charge is -2.19. The molecule has 4 heteroatoms. The minimum atomic E-state index is 0.117. The summed E-state index contributed by atoms with van der Waals surface area (Å²) in [6.45, 7) is 3.14. The van der Waals surface area contributed by atoms with Gasteiger partial charge in [0.25, 0.3) is 0 Å². The first-order chi connectivity index (χ1) is 13.3. The number of nitrogens with zero attached hydrogens (tertiary/aromatic N) is 2. The molecule has 0 aliphatic rings. The predicted octanol–water partition coefficient (Wildman–Crippen LogP) is 6.98. The molecule has 0 aliphatic carbocycles. The molecule has 0 bridgehead atoms. The average molecular weight is 393 g/mol. The molecule has 4 aromatic rings. The van der Waals surface area contributed by atoms with Gasteiger partial charge in [-0.15, -0.1) is 11.8 Å². The predicted molar refractivity (Wildman–Crippen MR) is 116 cm³/mol. The van der Waals surface area contributed by atoms with Gasteiger partial charge >= 0.3 is 0 Å². The number of benzene rings is 3. The van der Waals surface area contributed by atoms with Crippen molar-refractivity contribution in [3.8, 4) is 0 Å². The molecular formula is C23H21ClN2S. The fourth-order valence-electron chi connectivity index (χ4n) is 3.31. The first kappa shape index (κ1) is 18.1. The lowest BCUT2D eigenvalue weighted by molar-refractivity contribution is 0.661. The van der Waals surface area contributed by atoms with Crippen LogP contribution >= 0.6 is 23.4 Å². The molecule has 3 aromatic carbocycles. The van der Waals surface area contributed by atoms with Crippen molar-refractivity contribution in [3.63, 3.8) is 0 Å². The number of rotatable bonds is 6. The van der Waals surface area contributed by atoms with Crippen LogP contribution in [0.2, 0.25) is 5.02 Å². The van der Waals surface area contributed by atoms with Crippen molar-refractivity contribution in [1.82, 2.24) is 9.55 Å². The zero-order valence-electron chi connectivity index (χ0n) is 15.2. The van der Waals surface area contributed by atoms with Gasteiger partial charge in [-0.25, -0.2) is 4.98 Å². The van der Waals surface area contributed by atoms with E-state index < -0.39 is 0 Å². The number of aromatic nitrogens is 2. The van der Waals surface area contributed by atoms with Gasteiger partial charge in [-0.05, 0) is 42.3 Å². The highest BCUT2D eigenvalue weighted by Crippen LogP contribution is 2.41. The van der Waals surface area contributed by atoms with Crippen LogP contribution in [-0.2, 0) is 6.54 Å². The van der Waals surface area contributed by atoms with Crippen LogP contribution in [0.4, 0.5) is 0 Å². The quantitative estimate of drug-likeness (QED) is 0.329. The van der Waals surface area contributed by atoms with E-state index in [9.17, 15) is 0 Å². The Labute approximate surface area is 169 Å². The van der Waals surface area contributed by atoms with Crippen LogP contribution in [0, 0.1) is 0 Å². The van der Waals surface area contributed by atoms with E-state index in [4.69, 9.17) is 16.6 Å². The maximum absolute atomic E-state index is 6.23. The Bertz CT molecular complexity index is 1030. The van der Waals surface area contributed by atoms with Gasteiger partial charge in [-0.3, -0.25) is 0 Å². The number of halogens is 1. The molecular weight excluding hydrogens is 372 g/mol. The third kappa shape index (κ3) is 3.90. The molecule has 2 nitrogen and oxygen atoms in total. The average Bonchev–Trinajstić information content (AvgIpc) is 3.05. The van der Waals surface area contributed by atoms with Crippen LogP contribution in [0.1, 0.15) is 30.0 Å². The van der Waals surface area contributed by atoms with Gasteiger partial charge in [0.2, 0.25) is 0 Å². The van der Waals surface area contributed by atoms with E-state index in [0.29, 0.717) is 0 Å². The number of fused-ring (bicyclic) bond motifs is 1. The highest BCUT2D eigenvalue weighted by atomic mass is 35.5. The lowest BCUT2D eigenvalue weighted by atomic mass is 10.1. The number of thioether (sulfide) groups is 1. The molecule has 1 atom stereocenters. The van der Waals surface area contributed by atoms with Crippen LogP contribution < -0.4 is 0 Å². The van der Waals surface area contributed by atoms with Gasteiger partial charge in [0, 0.05) is 16.5 Å². The monoisotopic (exact) mass is 392 g/mol. The van der Waals surface area contributed by atoms with Gasteiger partial charge in [0.1, 0.15) is 5.82 Å². The fraction of sp³-hybridized carbons (Fsp3) is 0.174. The molecule has 0 fully saturated rings. The molecule has 27 heavy (non-hydrogen) atoms. The number of hydrogen-bond acceptors (Lipinski definition) is 2.